The van der Waals surface area contributed by atoms with Gasteiger partial charge in [0.1, 0.15) is 5.75 Å². The van der Waals surface area contributed by atoms with Crippen LogP contribution in [0.3, 0.4) is 0 Å². The Labute approximate surface area is 196 Å². The van der Waals surface area contributed by atoms with Gasteiger partial charge in [-0.15, -0.1) is 0 Å². The number of rotatable bonds is 11. The maximum atomic E-state index is 11.6. The molecule has 6 nitrogen and oxygen atoms in total. The molecule has 0 bridgehead atoms. The topological polar surface area (TPSA) is 79.5 Å². The predicted octanol–water partition coefficient (Wildman–Crippen LogP) is 6.14. The molecule has 1 atom stereocenters. The summed E-state index contributed by atoms with van der Waals surface area (Å²) in [6.07, 6.45) is 14.2. The molecule has 0 saturated heterocycles. The lowest BCUT2D eigenvalue weighted by atomic mass is 9.80. The van der Waals surface area contributed by atoms with E-state index >= 15 is 0 Å². The summed E-state index contributed by atoms with van der Waals surface area (Å²) in [7, 11) is 0. The molecule has 1 saturated carbocycles. The highest BCUT2D eigenvalue weighted by atomic mass is 16.5. The fourth-order valence-electron chi connectivity index (χ4n) is 4.78. The third-order valence-electron chi connectivity index (χ3n) is 6.36. The number of nitrogens with zero attached hydrogens (tertiary/aromatic N) is 1. The summed E-state index contributed by atoms with van der Waals surface area (Å²) in [6, 6.07) is 6.11. The van der Waals surface area contributed by atoms with E-state index in [9.17, 15) is 4.79 Å². The quantitative estimate of drug-likeness (QED) is 0.319. The van der Waals surface area contributed by atoms with Gasteiger partial charge in [0.05, 0.1) is 36.0 Å². The van der Waals surface area contributed by atoms with E-state index < -0.39 is 0 Å². The van der Waals surface area contributed by atoms with Crippen molar-refractivity contribution in [3.8, 4) is 17.1 Å². The maximum Gasteiger partial charge on any atom is 0.305 e. The molecule has 0 spiro atoms. The zero-order chi connectivity index (χ0) is 23.0. The largest absolute Gasteiger partial charge is 0.492 e. The van der Waals surface area contributed by atoms with E-state index in [1.54, 1.807) is 0 Å². The molecule has 0 aromatic carbocycles. The molecule has 2 aromatic heterocycles. The highest BCUT2D eigenvalue weighted by Gasteiger charge is 2.27. The molecule has 1 fully saturated rings. The first-order chi connectivity index (χ1) is 16.2. The molecule has 6 heteroatoms. The third kappa shape index (κ3) is 5.86. The Morgan fingerprint density at radius 1 is 1.24 bits per heavy atom. The lowest BCUT2D eigenvalue weighted by Crippen LogP contribution is -2.17. The molecule has 2 aliphatic rings. The number of carbonyl (C=O) groups excluding carboxylic acids is 1. The molecule has 1 unspecified atom stereocenters. The van der Waals surface area contributed by atoms with Crippen LogP contribution in [0, 0.1) is 5.92 Å². The first kappa shape index (κ1) is 23.1. The molecule has 33 heavy (non-hydrogen) atoms. The second-order valence-corrected chi connectivity index (χ2v) is 8.67. The standard InChI is InChI=1S/C27H35N3O3/c1-3-32-26-18-25(23-12-8-16-28-23)30-24(26)15-14-20-17-21-19(10-7-11-22(21)29-20)9-5-6-13-27(31)33-4-2/h8,12,14,16-19,28,30H,3-7,9-11,13,15H2,1-2H3. The van der Waals surface area contributed by atoms with Crippen LogP contribution in [0.2, 0.25) is 0 Å². The predicted molar refractivity (Wildman–Crippen MR) is 131 cm³/mol. The van der Waals surface area contributed by atoms with Crippen LogP contribution in [-0.4, -0.2) is 34.9 Å². The van der Waals surface area contributed by atoms with Crippen LogP contribution in [0.4, 0.5) is 0 Å². The Hall–Kier alpha value is -3.02. The summed E-state index contributed by atoms with van der Waals surface area (Å²) in [4.78, 5) is 23.3. The van der Waals surface area contributed by atoms with E-state index in [2.05, 4.69) is 34.3 Å². The molecule has 1 aliphatic carbocycles. The van der Waals surface area contributed by atoms with Gasteiger partial charge in [-0.25, -0.2) is 0 Å². The van der Waals surface area contributed by atoms with E-state index in [1.807, 2.05) is 26.1 Å². The minimum Gasteiger partial charge on any atom is -0.492 e. The Kier molecular flexibility index (Phi) is 7.87. The SMILES string of the molecule is CCOC(=O)CCCCC1CCCC2=NC(=CCc3[nH]c(-c4ccc[nH]4)cc3OCC)C=C21. The minimum atomic E-state index is -0.0798. The molecule has 4 rings (SSSR count). The molecule has 2 aromatic rings. The van der Waals surface area contributed by atoms with Crippen LogP contribution in [-0.2, 0) is 16.0 Å². The molecule has 176 valence electrons. The zero-order valence-corrected chi connectivity index (χ0v) is 19.8. The number of H-pyrrole nitrogens is 2. The van der Waals surface area contributed by atoms with Gasteiger partial charge in [0.25, 0.3) is 0 Å². The van der Waals surface area contributed by atoms with Crippen LogP contribution in [0.25, 0.3) is 11.4 Å². The van der Waals surface area contributed by atoms with Gasteiger partial charge in [-0.2, -0.15) is 0 Å². The molecule has 1 aliphatic heterocycles. The van der Waals surface area contributed by atoms with Crippen LogP contribution < -0.4 is 4.74 Å². The molecular weight excluding hydrogens is 414 g/mol. The van der Waals surface area contributed by atoms with Gasteiger partial charge < -0.3 is 19.4 Å². The number of fused-ring (bicyclic) bond motifs is 1. The second kappa shape index (κ2) is 11.2. The fourth-order valence-corrected chi connectivity index (χ4v) is 4.78. The average molecular weight is 450 g/mol. The Bertz CT molecular complexity index is 1030. The highest BCUT2D eigenvalue weighted by Crippen LogP contribution is 2.36. The van der Waals surface area contributed by atoms with Gasteiger partial charge in [-0.1, -0.05) is 12.5 Å². The van der Waals surface area contributed by atoms with Crippen molar-refractivity contribution in [3.63, 3.8) is 0 Å². The van der Waals surface area contributed by atoms with E-state index in [0.717, 1.165) is 60.6 Å². The third-order valence-corrected chi connectivity index (χ3v) is 6.36. The lowest BCUT2D eigenvalue weighted by Gasteiger charge is -2.24. The monoisotopic (exact) mass is 449 g/mol. The van der Waals surface area contributed by atoms with Crippen molar-refractivity contribution in [1.82, 2.24) is 9.97 Å². The van der Waals surface area contributed by atoms with E-state index in [-0.39, 0.29) is 5.97 Å². The molecule has 0 radical (unpaired) electrons. The van der Waals surface area contributed by atoms with Crippen LogP contribution in [0.5, 0.6) is 5.75 Å². The van der Waals surface area contributed by atoms with Crippen molar-refractivity contribution in [3.05, 3.63) is 53.5 Å². The van der Waals surface area contributed by atoms with Crippen LogP contribution in [0.15, 0.2) is 52.8 Å². The average Bonchev–Trinajstić information content (AvgIpc) is 3.55. The number of aromatic amines is 2. The number of hydrogen-bond donors (Lipinski definition) is 2. The number of allylic oxidation sites excluding steroid dienone is 3. The maximum absolute atomic E-state index is 11.6. The van der Waals surface area contributed by atoms with Crippen LogP contribution in [0.1, 0.15) is 64.5 Å². The molecular formula is C27H35N3O3. The number of ether oxygens (including phenoxy) is 2. The molecule has 3 heterocycles. The van der Waals surface area contributed by atoms with Crippen molar-refractivity contribution in [2.45, 2.75) is 65.2 Å². The van der Waals surface area contributed by atoms with Gasteiger partial charge in [-0.05, 0) is 75.7 Å². The first-order valence-corrected chi connectivity index (χ1v) is 12.3. The van der Waals surface area contributed by atoms with Crippen molar-refractivity contribution < 1.29 is 14.3 Å². The highest BCUT2D eigenvalue weighted by molar-refractivity contribution is 6.04. The summed E-state index contributed by atoms with van der Waals surface area (Å²) >= 11 is 0. The number of hydrogen-bond acceptors (Lipinski definition) is 4. The van der Waals surface area contributed by atoms with Gasteiger partial charge in [0.15, 0.2) is 0 Å². The number of nitrogens with one attached hydrogen (secondary N) is 2. The number of esters is 1. The van der Waals surface area contributed by atoms with Gasteiger partial charge in [-0.3, -0.25) is 9.79 Å². The summed E-state index contributed by atoms with van der Waals surface area (Å²) < 4.78 is 10.9. The van der Waals surface area contributed by atoms with Gasteiger partial charge in [0.2, 0.25) is 0 Å². The number of aliphatic imine (C=N–C) groups is 1. The van der Waals surface area contributed by atoms with E-state index in [4.69, 9.17) is 14.5 Å². The number of carbonyl (C=O) groups is 1. The smallest absolute Gasteiger partial charge is 0.305 e. The van der Waals surface area contributed by atoms with Crippen molar-refractivity contribution in [1.29, 1.82) is 0 Å². The Morgan fingerprint density at radius 2 is 2.15 bits per heavy atom. The Balaban J connectivity index is 1.40. The minimum absolute atomic E-state index is 0.0798. The summed E-state index contributed by atoms with van der Waals surface area (Å²) in [5.41, 5.74) is 6.87. The van der Waals surface area contributed by atoms with Crippen molar-refractivity contribution in [2.24, 2.45) is 10.9 Å². The Morgan fingerprint density at radius 3 is 2.94 bits per heavy atom. The summed E-state index contributed by atoms with van der Waals surface area (Å²) in [5, 5.41) is 0. The second-order valence-electron chi connectivity index (χ2n) is 8.67. The van der Waals surface area contributed by atoms with E-state index in [1.165, 1.54) is 24.1 Å². The number of unbranched alkanes of at least 4 members (excludes halogenated alkanes) is 1. The summed E-state index contributed by atoms with van der Waals surface area (Å²) in [5.74, 6) is 1.37. The molecule has 0 amide bonds. The lowest BCUT2D eigenvalue weighted by molar-refractivity contribution is -0.143. The molecule has 2 N–H and O–H groups in total. The van der Waals surface area contributed by atoms with Gasteiger partial charge in [0, 0.05) is 30.8 Å². The van der Waals surface area contributed by atoms with Crippen molar-refractivity contribution in [2.75, 3.05) is 13.2 Å². The first-order valence-electron chi connectivity index (χ1n) is 12.3. The van der Waals surface area contributed by atoms with E-state index in [0.29, 0.717) is 25.6 Å². The zero-order valence-electron chi connectivity index (χ0n) is 19.8. The van der Waals surface area contributed by atoms with Crippen molar-refractivity contribution >= 4 is 11.7 Å². The summed E-state index contributed by atoms with van der Waals surface area (Å²) in [6.45, 7) is 4.96. The van der Waals surface area contributed by atoms with Crippen LogP contribution >= 0.6 is 0 Å². The number of aromatic nitrogens is 2. The normalized spacial score (nSPS) is 18.7. The van der Waals surface area contributed by atoms with Gasteiger partial charge >= 0.3 is 5.97 Å². The fraction of sp³-hybridized carbons (Fsp3) is 0.481.